The van der Waals surface area contributed by atoms with Crippen LogP contribution in [0.15, 0.2) is 77.7 Å². The van der Waals surface area contributed by atoms with Gasteiger partial charge in [0, 0.05) is 25.7 Å². The molecule has 3 aromatic carbocycles. The standard InChI is InChI=1S/C32H40N2O5S/c1-32(2,3)28-22-26(17-18-30(28)38-5)40(36,37)34-20-12-11-19-33(4)31(35)27-15-9-10-16-29(27)39-23-25(34)21-24-13-7-6-8-14-24/h6-10,13-18,22,25H,11-12,19-21,23H2,1-5H3/t25-/m0/s1. The van der Waals surface area contributed by atoms with Crippen LogP contribution >= 0.6 is 0 Å². The molecule has 8 heteroatoms. The predicted octanol–water partition coefficient (Wildman–Crippen LogP) is 5.54. The highest BCUT2D eigenvalue weighted by atomic mass is 32.2. The first-order chi connectivity index (χ1) is 19.0. The zero-order chi connectivity index (χ0) is 28.9. The molecule has 1 aliphatic heterocycles. The Labute approximate surface area is 238 Å². The molecular weight excluding hydrogens is 524 g/mol. The fourth-order valence-corrected chi connectivity index (χ4v) is 6.75. The molecule has 0 unspecified atom stereocenters. The molecule has 4 rings (SSSR count). The number of sulfonamides is 1. The second-order valence-corrected chi connectivity index (χ2v) is 13.2. The molecule has 1 atom stereocenters. The molecule has 0 radical (unpaired) electrons. The van der Waals surface area contributed by atoms with Crippen molar-refractivity contribution in [2.45, 2.75) is 56.4 Å². The van der Waals surface area contributed by atoms with Crippen molar-refractivity contribution in [2.24, 2.45) is 0 Å². The maximum Gasteiger partial charge on any atom is 0.257 e. The molecule has 3 aromatic rings. The van der Waals surface area contributed by atoms with E-state index in [2.05, 4.69) is 0 Å². The number of nitrogens with zero attached hydrogens (tertiary/aromatic N) is 2. The van der Waals surface area contributed by atoms with Crippen molar-refractivity contribution >= 4 is 15.9 Å². The maximum atomic E-state index is 14.4. The minimum atomic E-state index is -3.91. The van der Waals surface area contributed by atoms with E-state index >= 15 is 0 Å². The van der Waals surface area contributed by atoms with Crippen molar-refractivity contribution in [3.63, 3.8) is 0 Å². The van der Waals surface area contributed by atoms with Gasteiger partial charge in [-0.3, -0.25) is 4.79 Å². The number of rotatable bonds is 5. The largest absolute Gasteiger partial charge is 0.496 e. The molecule has 0 spiro atoms. The fourth-order valence-electron chi connectivity index (χ4n) is 5.08. The quantitative estimate of drug-likeness (QED) is 0.407. The Morgan fingerprint density at radius 1 is 0.950 bits per heavy atom. The van der Waals surface area contributed by atoms with Gasteiger partial charge < -0.3 is 14.4 Å². The first-order valence-electron chi connectivity index (χ1n) is 13.7. The summed E-state index contributed by atoms with van der Waals surface area (Å²) in [7, 11) is -0.546. The summed E-state index contributed by atoms with van der Waals surface area (Å²) < 4.78 is 42.3. The highest BCUT2D eigenvalue weighted by molar-refractivity contribution is 7.89. The van der Waals surface area contributed by atoms with E-state index in [-0.39, 0.29) is 22.8 Å². The van der Waals surface area contributed by atoms with Gasteiger partial charge in [-0.1, -0.05) is 63.2 Å². The van der Waals surface area contributed by atoms with Crippen LogP contribution in [0.4, 0.5) is 0 Å². The predicted molar refractivity (Wildman–Crippen MR) is 158 cm³/mol. The number of fused-ring (bicyclic) bond motifs is 1. The number of amides is 1. The third kappa shape index (κ3) is 6.67. The summed E-state index contributed by atoms with van der Waals surface area (Å²) in [5.41, 5.74) is 2.00. The molecule has 0 saturated heterocycles. The molecule has 0 bridgehead atoms. The third-order valence-electron chi connectivity index (χ3n) is 7.32. The Morgan fingerprint density at radius 3 is 2.33 bits per heavy atom. The maximum absolute atomic E-state index is 14.4. The van der Waals surface area contributed by atoms with Crippen LogP contribution < -0.4 is 9.47 Å². The molecule has 0 aromatic heterocycles. The zero-order valence-electron chi connectivity index (χ0n) is 24.1. The Balaban J connectivity index is 1.79. The summed E-state index contributed by atoms with van der Waals surface area (Å²) >= 11 is 0. The van der Waals surface area contributed by atoms with Gasteiger partial charge in [0.05, 0.1) is 23.6 Å². The SMILES string of the molecule is COc1ccc(S(=O)(=O)N2CCCCN(C)C(=O)c3ccccc3OC[C@@H]2Cc2ccccc2)cc1C(C)(C)C. The lowest BCUT2D eigenvalue weighted by Crippen LogP contribution is -2.46. The van der Waals surface area contributed by atoms with E-state index in [0.29, 0.717) is 49.4 Å². The van der Waals surface area contributed by atoms with Crippen LogP contribution in [0, 0.1) is 0 Å². The van der Waals surface area contributed by atoms with Crippen LogP contribution in [0.25, 0.3) is 0 Å². The molecule has 7 nitrogen and oxygen atoms in total. The van der Waals surface area contributed by atoms with Crippen molar-refractivity contribution in [1.29, 1.82) is 0 Å². The van der Waals surface area contributed by atoms with E-state index in [9.17, 15) is 13.2 Å². The summed E-state index contributed by atoms with van der Waals surface area (Å²) in [5, 5.41) is 0. The second-order valence-electron chi connectivity index (χ2n) is 11.3. The average molecular weight is 565 g/mol. The van der Waals surface area contributed by atoms with Crippen LogP contribution in [0.1, 0.15) is 55.1 Å². The van der Waals surface area contributed by atoms with E-state index in [0.717, 1.165) is 11.1 Å². The molecular formula is C32H40N2O5S. The van der Waals surface area contributed by atoms with Gasteiger partial charge in [0.2, 0.25) is 10.0 Å². The number of para-hydroxylation sites is 1. The second kappa shape index (κ2) is 12.4. The van der Waals surface area contributed by atoms with Gasteiger partial charge in [-0.2, -0.15) is 4.31 Å². The van der Waals surface area contributed by atoms with Gasteiger partial charge in [0.15, 0.2) is 0 Å². The van der Waals surface area contributed by atoms with Gasteiger partial charge in [-0.25, -0.2) is 8.42 Å². The number of methoxy groups -OCH3 is 1. The molecule has 40 heavy (non-hydrogen) atoms. The molecule has 214 valence electrons. The van der Waals surface area contributed by atoms with Gasteiger partial charge in [0.25, 0.3) is 5.91 Å². The van der Waals surface area contributed by atoms with E-state index in [1.807, 2.05) is 63.2 Å². The van der Waals surface area contributed by atoms with E-state index in [1.165, 1.54) is 0 Å². The molecule has 1 amide bonds. The lowest BCUT2D eigenvalue weighted by atomic mass is 9.86. The molecule has 0 N–H and O–H groups in total. The van der Waals surface area contributed by atoms with Crippen LogP contribution in [-0.4, -0.2) is 63.4 Å². The summed E-state index contributed by atoms with van der Waals surface area (Å²) in [6.45, 7) is 7.05. The summed E-state index contributed by atoms with van der Waals surface area (Å²) in [4.78, 5) is 15.0. The van der Waals surface area contributed by atoms with Crippen molar-refractivity contribution < 1.29 is 22.7 Å². The van der Waals surface area contributed by atoms with Crippen molar-refractivity contribution in [3.8, 4) is 11.5 Å². The summed E-state index contributed by atoms with van der Waals surface area (Å²) in [5.74, 6) is 1.01. The van der Waals surface area contributed by atoms with Crippen LogP contribution in [0.2, 0.25) is 0 Å². The van der Waals surface area contributed by atoms with Gasteiger partial charge in [-0.05, 0) is 60.6 Å². The first kappa shape index (κ1) is 29.6. The molecule has 0 fully saturated rings. The number of ether oxygens (including phenoxy) is 2. The van der Waals surface area contributed by atoms with Crippen molar-refractivity contribution in [1.82, 2.24) is 9.21 Å². The number of carbonyl (C=O) groups excluding carboxylic acids is 1. The molecule has 0 saturated carbocycles. The fraction of sp³-hybridized carbons (Fsp3) is 0.406. The minimum absolute atomic E-state index is 0.102. The Hall–Kier alpha value is -3.36. The summed E-state index contributed by atoms with van der Waals surface area (Å²) in [6.07, 6.45) is 1.75. The topological polar surface area (TPSA) is 76.2 Å². The van der Waals surface area contributed by atoms with Gasteiger partial charge in [-0.15, -0.1) is 0 Å². The van der Waals surface area contributed by atoms with Gasteiger partial charge >= 0.3 is 0 Å². The Bertz CT molecular complexity index is 1420. The summed E-state index contributed by atoms with van der Waals surface area (Å²) in [6, 6.07) is 21.6. The molecule has 1 heterocycles. The van der Waals surface area contributed by atoms with E-state index in [4.69, 9.17) is 9.47 Å². The first-order valence-corrected chi connectivity index (χ1v) is 15.2. The minimum Gasteiger partial charge on any atom is -0.496 e. The average Bonchev–Trinajstić information content (AvgIpc) is 2.94. The van der Waals surface area contributed by atoms with Crippen molar-refractivity contribution in [2.75, 3.05) is 33.9 Å². The van der Waals surface area contributed by atoms with Crippen LogP contribution in [-0.2, 0) is 21.9 Å². The number of hydrogen-bond acceptors (Lipinski definition) is 5. The zero-order valence-corrected chi connectivity index (χ0v) is 24.9. The van der Waals surface area contributed by atoms with E-state index in [1.54, 1.807) is 53.7 Å². The third-order valence-corrected chi connectivity index (χ3v) is 9.27. The number of carbonyl (C=O) groups is 1. The normalized spacial score (nSPS) is 17.8. The smallest absolute Gasteiger partial charge is 0.257 e. The number of hydrogen-bond donors (Lipinski definition) is 0. The van der Waals surface area contributed by atoms with E-state index < -0.39 is 16.1 Å². The Morgan fingerprint density at radius 2 is 1.62 bits per heavy atom. The van der Waals surface area contributed by atoms with Crippen LogP contribution in [0.5, 0.6) is 11.5 Å². The molecule has 0 aliphatic carbocycles. The highest BCUT2D eigenvalue weighted by Crippen LogP contribution is 2.35. The van der Waals surface area contributed by atoms with Crippen LogP contribution in [0.3, 0.4) is 0 Å². The lowest BCUT2D eigenvalue weighted by molar-refractivity contribution is 0.0781. The van der Waals surface area contributed by atoms with Crippen molar-refractivity contribution in [3.05, 3.63) is 89.5 Å². The highest BCUT2D eigenvalue weighted by Gasteiger charge is 2.34. The monoisotopic (exact) mass is 564 g/mol. The lowest BCUT2D eigenvalue weighted by Gasteiger charge is -2.33. The number of benzene rings is 3. The van der Waals surface area contributed by atoms with Gasteiger partial charge in [0.1, 0.15) is 18.1 Å². The Kier molecular flexibility index (Phi) is 9.21. The molecule has 1 aliphatic rings.